The third kappa shape index (κ3) is 8.36. The maximum atomic E-state index is 13.8. The number of rotatable bonds is 11. The highest BCUT2D eigenvalue weighted by atomic mass is 16.5. The third-order valence-corrected chi connectivity index (χ3v) is 14.9. The van der Waals surface area contributed by atoms with E-state index in [1.807, 2.05) is 42.0 Å². The lowest BCUT2D eigenvalue weighted by atomic mass is 9.72. The first-order valence-electron chi connectivity index (χ1n) is 23.7. The van der Waals surface area contributed by atoms with Gasteiger partial charge in [-0.25, -0.2) is 14.8 Å². The third-order valence-electron chi connectivity index (χ3n) is 14.9. The van der Waals surface area contributed by atoms with Gasteiger partial charge in [-0.2, -0.15) is 0 Å². The van der Waals surface area contributed by atoms with Crippen LogP contribution in [0.2, 0.25) is 0 Å². The number of hydrogen-bond acceptors (Lipinski definition) is 7. The van der Waals surface area contributed by atoms with E-state index in [1.54, 1.807) is 0 Å². The van der Waals surface area contributed by atoms with E-state index < -0.39 is 12.1 Å². The van der Waals surface area contributed by atoms with Crippen molar-refractivity contribution in [2.45, 2.75) is 129 Å². The van der Waals surface area contributed by atoms with Crippen molar-refractivity contribution in [1.29, 1.82) is 0 Å². The van der Waals surface area contributed by atoms with Crippen molar-refractivity contribution in [3.63, 3.8) is 0 Å². The van der Waals surface area contributed by atoms with E-state index in [2.05, 4.69) is 71.6 Å². The summed E-state index contributed by atoms with van der Waals surface area (Å²) in [4.78, 5) is 73.0. The molecule has 0 radical (unpaired) electrons. The van der Waals surface area contributed by atoms with Crippen LogP contribution in [-0.2, 0) is 27.2 Å². The first-order chi connectivity index (χ1) is 31.0. The highest BCUT2D eigenvalue weighted by Crippen LogP contribution is 2.52. The van der Waals surface area contributed by atoms with Crippen molar-refractivity contribution in [3.05, 3.63) is 93.9 Å². The number of imidazole rings is 1. The molecule has 3 fully saturated rings. The second kappa shape index (κ2) is 18.0. The molecular weight excluding hydrogens is 803 g/mol. The van der Waals surface area contributed by atoms with Crippen LogP contribution < -0.4 is 10.9 Å². The lowest BCUT2D eigenvalue weighted by Crippen LogP contribution is -2.51. The molecule has 4 heterocycles. The number of aromatic amines is 2. The summed E-state index contributed by atoms with van der Waals surface area (Å²) in [6.45, 7) is 9.36. The van der Waals surface area contributed by atoms with Gasteiger partial charge in [-0.15, -0.1) is 0 Å². The molecule has 12 heteroatoms. The number of H-pyrrole nitrogens is 2. The fraction of sp³-hybridized carbons (Fsp3) is 0.500. The summed E-state index contributed by atoms with van der Waals surface area (Å²) in [6.07, 6.45) is 14.4. The van der Waals surface area contributed by atoms with Gasteiger partial charge in [-0.1, -0.05) is 95.8 Å². The maximum Gasteiger partial charge on any atom is 0.407 e. The van der Waals surface area contributed by atoms with Gasteiger partial charge in [0.25, 0.3) is 5.56 Å². The Morgan fingerprint density at radius 3 is 2.12 bits per heavy atom. The number of ether oxygens (including phenoxy) is 1. The monoisotopic (exact) mass is 865 g/mol. The number of carbonyl (C=O) groups is 3. The quantitative estimate of drug-likeness (QED) is 0.120. The second-order valence-corrected chi connectivity index (χ2v) is 19.5. The van der Waals surface area contributed by atoms with Crippen LogP contribution in [0.5, 0.6) is 0 Å². The van der Waals surface area contributed by atoms with E-state index in [-0.39, 0.29) is 40.8 Å². The standard InChI is InChI=1S/C52H63N7O5/c1-6-32(4)26-45(60)58-24-10-13-44(58)48-54-41-21-18-35(27-38(41)49(61)57-48)37-20-19-36(39-28-52(29-40(37)39)22-8-7-9-23-52)33-14-16-34(17-15-33)42-30-53-47(55-42)43-12-11-25-59(43)50(62)46(31(2)3)56-51(63)64-5/h14-21,27,30-32,43-44,46H,6-13,22-26,28-29H2,1-5H3,(H,53,55)(H,56,63)(H,54,57,61)/t32?,43-,44-,46?/m0/s1. The molecule has 2 aliphatic heterocycles. The lowest BCUT2D eigenvalue weighted by molar-refractivity contribution is -0.135. The second-order valence-electron chi connectivity index (χ2n) is 19.5. The summed E-state index contributed by atoms with van der Waals surface area (Å²) in [7, 11) is 1.30. The molecule has 2 saturated heterocycles. The normalized spacial score (nSPS) is 20.2. The smallest absolute Gasteiger partial charge is 0.407 e. The molecule has 64 heavy (non-hydrogen) atoms. The van der Waals surface area contributed by atoms with Gasteiger partial charge < -0.3 is 29.8 Å². The highest BCUT2D eigenvalue weighted by Gasteiger charge is 2.41. The molecule has 3 aromatic carbocycles. The van der Waals surface area contributed by atoms with E-state index in [0.717, 1.165) is 67.6 Å². The fourth-order valence-corrected chi connectivity index (χ4v) is 11.2. The van der Waals surface area contributed by atoms with Crippen molar-refractivity contribution in [3.8, 4) is 33.5 Å². The van der Waals surface area contributed by atoms with Crippen LogP contribution >= 0.6 is 0 Å². The molecule has 336 valence electrons. The molecule has 9 rings (SSSR count). The largest absolute Gasteiger partial charge is 0.453 e. The van der Waals surface area contributed by atoms with E-state index in [0.29, 0.717) is 42.2 Å². The van der Waals surface area contributed by atoms with Crippen molar-refractivity contribution < 1.29 is 19.1 Å². The number of aromatic nitrogens is 4. The molecular formula is C52H63N7O5. The van der Waals surface area contributed by atoms with Gasteiger partial charge in [0.15, 0.2) is 0 Å². The zero-order valence-corrected chi connectivity index (χ0v) is 38.1. The van der Waals surface area contributed by atoms with Gasteiger partial charge in [0.05, 0.1) is 42.0 Å². The first-order valence-corrected chi connectivity index (χ1v) is 23.7. The number of nitrogens with one attached hydrogen (secondary N) is 3. The summed E-state index contributed by atoms with van der Waals surface area (Å²) in [5, 5.41) is 3.30. The Morgan fingerprint density at radius 1 is 0.812 bits per heavy atom. The van der Waals surface area contributed by atoms with Gasteiger partial charge in [0, 0.05) is 19.5 Å². The SMILES string of the molecule is CCC(C)CC(=O)N1CCC[C@H]1c1nc2ccc(-c3ccc(-c4ccc(-c5cnc([C@@H]6CCCN6C(=O)C(NC(=O)OC)C(C)C)[nH]5)cc4)c4c3CC3(CCCCC3)C4)cc2c(=O)[nH]1. The van der Waals surface area contributed by atoms with Crippen LogP contribution in [0.25, 0.3) is 44.4 Å². The zero-order chi connectivity index (χ0) is 44.7. The minimum atomic E-state index is -0.687. The summed E-state index contributed by atoms with van der Waals surface area (Å²) in [6, 6.07) is 18.3. The van der Waals surface area contributed by atoms with Crippen LogP contribution in [-0.4, -0.2) is 73.9 Å². The van der Waals surface area contributed by atoms with Gasteiger partial charge in [0.2, 0.25) is 11.8 Å². The van der Waals surface area contributed by atoms with Crippen LogP contribution in [0.1, 0.15) is 133 Å². The van der Waals surface area contributed by atoms with Crippen LogP contribution in [0, 0.1) is 17.3 Å². The Morgan fingerprint density at radius 2 is 1.45 bits per heavy atom. The average Bonchev–Trinajstić information content (AvgIpc) is 4.14. The van der Waals surface area contributed by atoms with Gasteiger partial charge >= 0.3 is 6.09 Å². The molecule has 3 amide bonds. The summed E-state index contributed by atoms with van der Waals surface area (Å²) in [5.41, 5.74) is 10.1. The highest BCUT2D eigenvalue weighted by molar-refractivity contribution is 5.88. The van der Waals surface area contributed by atoms with E-state index >= 15 is 0 Å². The maximum absolute atomic E-state index is 13.8. The molecule has 1 spiro atoms. The summed E-state index contributed by atoms with van der Waals surface area (Å²) < 4.78 is 4.80. The minimum absolute atomic E-state index is 0.104. The number of nitrogens with zero attached hydrogens (tertiary/aromatic N) is 4. The molecule has 4 atom stereocenters. The molecule has 3 N–H and O–H groups in total. The Kier molecular flexibility index (Phi) is 12.2. The van der Waals surface area contributed by atoms with Crippen molar-refractivity contribution in [2.75, 3.05) is 20.2 Å². The Bertz CT molecular complexity index is 2610. The van der Waals surface area contributed by atoms with Crippen molar-refractivity contribution in [1.82, 2.24) is 35.1 Å². The number of likely N-dealkylation sites (tertiary alicyclic amines) is 2. The van der Waals surface area contributed by atoms with E-state index in [4.69, 9.17) is 14.7 Å². The average molecular weight is 866 g/mol. The summed E-state index contributed by atoms with van der Waals surface area (Å²) >= 11 is 0. The predicted octanol–water partition coefficient (Wildman–Crippen LogP) is 9.84. The van der Waals surface area contributed by atoms with Crippen molar-refractivity contribution >= 4 is 28.8 Å². The molecule has 5 aromatic rings. The fourth-order valence-electron chi connectivity index (χ4n) is 11.2. The van der Waals surface area contributed by atoms with Gasteiger partial charge in [-0.3, -0.25) is 14.4 Å². The summed E-state index contributed by atoms with van der Waals surface area (Å²) in [5.74, 6) is 1.56. The Hall–Kier alpha value is -5.78. The molecule has 2 aromatic heterocycles. The topological polar surface area (TPSA) is 153 Å². The first kappa shape index (κ1) is 43.5. The number of fused-ring (bicyclic) bond motifs is 2. The van der Waals surface area contributed by atoms with Crippen LogP contribution in [0.4, 0.5) is 4.79 Å². The number of carbonyl (C=O) groups excluding carboxylic acids is 3. The zero-order valence-electron chi connectivity index (χ0n) is 38.1. The number of amides is 3. The lowest BCUT2D eigenvalue weighted by Gasteiger charge is -2.33. The van der Waals surface area contributed by atoms with E-state index in [1.165, 1.54) is 67.0 Å². The van der Waals surface area contributed by atoms with Crippen LogP contribution in [0.15, 0.2) is 65.6 Å². The molecule has 2 unspecified atom stereocenters. The number of benzene rings is 3. The molecule has 12 nitrogen and oxygen atoms in total. The van der Waals surface area contributed by atoms with Gasteiger partial charge in [-0.05, 0) is 120 Å². The Labute approximate surface area is 376 Å². The molecule has 0 bridgehead atoms. The molecule has 1 saturated carbocycles. The van der Waals surface area contributed by atoms with Gasteiger partial charge in [0.1, 0.15) is 17.7 Å². The molecule has 4 aliphatic rings. The van der Waals surface area contributed by atoms with E-state index in [9.17, 15) is 19.2 Å². The van der Waals surface area contributed by atoms with Crippen molar-refractivity contribution in [2.24, 2.45) is 17.3 Å². The number of alkyl carbamates (subject to hydrolysis) is 1. The van der Waals surface area contributed by atoms with Crippen LogP contribution in [0.3, 0.4) is 0 Å². The molecule has 2 aliphatic carbocycles. The number of methoxy groups -OCH3 is 1. The minimum Gasteiger partial charge on any atom is -0.453 e. The number of hydrogen-bond donors (Lipinski definition) is 3. The Balaban J connectivity index is 0.983. The predicted molar refractivity (Wildman–Crippen MR) is 249 cm³/mol.